The first-order valence-electron chi connectivity index (χ1n) is 5.36. The predicted octanol–water partition coefficient (Wildman–Crippen LogP) is 2.29. The van der Waals surface area contributed by atoms with Gasteiger partial charge in [0.25, 0.3) is 5.56 Å². The second kappa shape index (κ2) is 5.65. The maximum absolute atomic E-state index is 12.0. The van der Waals surface area contributed by atoms with Gasteiger partial charge < -0.3 is 0 Å². The summed E-state index contributed by atoms with van der Waals surface area (Å²) < 4.78 is 1.29. The molecule has 0 N–H and O–H groups in total. The molecule has 0 radical (unpaired) electrons. The van der Waals surface area contributed by atoms with Crippen LogP contribution < -0.4 is 5.56 Å². The molecule has 4 nitrogen and oxygen atoms in total. The average Bonchev–Trinajstić information content (AvgIpc) is 2.30. The van der Waals surface area contributed by atoms with Gasteiger partial charge in [0.1, 0.15) is 16.8 Å². The Bertz CT molecular complexity index is 541. The number of halogens is 1. The third kappa shape index (κ3) is 2.40. The van der Waals surface area contributed by atoms with Crippen molar-refractivity contribution in [3.63, 3.8) is 0 Å². The van der Waals surface area contributed by atoms with Crippen molar-refractivity contribution in [3.05, 3.63) is 32.2 Å². The number of aldehydes is 1. The fraction of sp³-hybridized carbons (Fsp3) is 0.417. The Morgan fingerprint density at radius 3 is 2.65 bits per heavy atom. The van der Waals surface area contributed by atoms with Crippen molar-refractivity contribution in [3.8, 4) is 6.07 Å². The van der Waals surface area contributed by atoms with Crippen LogP contribution in [0.2, 0.25) is 5.15 Å². The van der Waals surface area contributed by atoms with Crippen LogP contribution >= 0.6 is 11.6 Å². The van der Waals surface area contributed by atoms with Crippen LogP contribution in [0, 0.1) is 18.3 Å². The zero-order valence-electron chi connectivity index (χ0n) is 9.79. The molecular weight excluding hydrogens is 240 g/mol. The van der Waals surface area contributed by atoms with Crippen molar-refractivity contribution in [2.45, 2.75) is 33.2 Å². The third-order valence-electron chi connectivity index (χ3n) is 2.66. The van der Waals surface area contributed by atoms with E-state index in [2.05, 4.69) is 0 Å². The van der Waals surface area contributed by atoms with E-state index in [1.165, 1.54) is 4.57 Å². The van der Waals surface area contributed by atoms with Gasteiger partial charge in [0, 0.05) is 6.54 Å². The molecule has 0 fully saturated rings. The van der Waals surface area contributed by atoms with Crippen LogP contribution in [-0.4, -0.2) is 10.9 Å². The first kappa shape index (κ1) is 13.5. The largest absolute Gasteiger partial charge is 0.298 e. The summed E-state index contributed by atoms with van der Waals surface area (Å²) in [7, 11) is 0. The lowest BCUT2D eigenvalue weighted by atomic mass is 10.1. The highest BCUT2D eigenvalue weighted by Crippen LogP contribution is 2.18. The number of pyridine rings is 1. The van der Waals surface area contributed by atoms with Crippen LogP contribution in [0.5, 0.6) is 0 Å². The summed E-state index contributed by atoms with van der Waals surface area (Å²) in [6.07, 6.45) is 2.25. The van der Waals surface area contributed by atoms with Gasteiger partial charge >= 0.3 is 0 Å². The van der Waals surface area contributed by atoms with Gasteiger partial charge in [-0.1, -0.05) is 24.9 Å². The van der Waals surface area contributed by atoms with Crippen molar-refractivity contribution < 1.29 is 4.79 Å². The molecule has 0 aromatic carbocycles. The molecule has 0 unspecified atom stereocenters. The quantitative estimate of drug-likeness (QED) is 0.610. The van der Waals surface area contributed by atoms with Gasteiger partial charge in [-0.25, -0.2) is 0 Å². The molecule has 17 heavy (non-hydrogen) atoms. The Hall–Kier alpha value is -1.60. The number of aromatic nitrogens is 1. The summed E-state index contributed by atoms with van der Waals surface area (Å²) in [4.78, 5) is 22.9. The Kier molecular flexibility index (Phi) is 4.47. The molecule has 0 aliphatic rings. The van der Waals surface area contributed by atoms with E-state index in [-0.39, 0.29) is 16.3 Å². The highest BCUT2D eigenvalue weighted by molar-refractivity contribution is 6.32. The van der Waals surface area contributed by atoms with Gasteiger partial charge in [-0.15, -0.1) is 0 Å². The fourth-order valence-electron chi connectivity index (χ4n) is 1.60. The summed E-state index contributed by atoms with van der Waals surface area (Å²) in [6, 6.07) is 1.83. The second-order valence-corrected chi connectivity index (χ2v) is 4.10. The monoisotopic (exact) mass is 252 g/mol. The van der Waals surface area contributed by atoms with E-state index in [1.807, 2.05) is 13.0 Å². The number of hydrogen-bond donors (Lipinski definition) is 0. The summed E-state index contributed by atoms with van der Waals surface area (Å²) in [5.41, 5.74) is 0.144. The van der Waals surface area contributed by atoms with Crippen molar-refractivity contribution in [2.24, 2.45) is 0 Å². The minimum Gasteiger partial charge on any atom is -0.298 e. The second-order valence-electron chi connectivity index (χ2n) is 3.74. The smallest absolute Gasteiger partial charge is 0.269 e. The summed E-state index contributed by atoms with van der Waals surface area (Å²) >= 11 is 6.01. The highest BCUT2D eigenvalue weighted by Gasteiger charge is 2.17. The Labute approximate surface area is 104 Å². The maximum Gasteiger partial charge on any atom is 0.269 e. The van der Waals surface area contributed by atoms with E-state index in [4.69, 9.17) is 16.9 Å². The minimum absolute atomic E-state index is 0.00685. The predicted molar refractivity (Wildman–Crippen MR) is 65.5 cm³/mol. The lowest BCUT2D eigenvalue weighted by Crippen LogP contribution is -2.26. The topological polar surface area (TPSA) is 62.9 Å². The van der Waals surface area contributed by atoms with Gasteiger partial charge in [-0.3, -0.25) is 14.2 Å². The molecule has 1 aromatic rings. The molecular formula is C12H13ClN2O2. The third-order valence-corrected chi connectivity index (χ3v) is 3.07. The van der Waals surface area contributed by atoms with Crippen LogP contribution in [0.25, 0.3) is 0 Å². The standard InChI is InChI=1S/C12H13ClN2O2/c1-3-4-5-15-11(13)10(7-16)8(2)9(6-14)12(15)17/h7H,3-5H2,1-2H3. The van der Waals surface area contributed by atoms with Gasteiger partial charge in [0.15, 0.2) is 6.29 Å². The van der Waals surface area contributed by atoms with Crippen LogP contribution in [-0.2, 0) is 6.54 Å². The van der Waals surface area contributed by atoms with E-state index in [9.17, 15) is 9.59 Å². The van der Waals surface area contributed by atoms with Gasteiger partial charge in [0.2, 0.25) is 0 Å². The molecule has 90 valence electrons. The SMILES string of the molecule is CCCCn1c(Cl)c(C=O)c(C)c(C#N)c1=O. The number of nitrogens with zero attached hydrogens (tertiary/aromatic N) is 2. The molecule has 0 amide bonds. The molecule has 0 aliphatic heterocycles. The van der Waals surface area contributed by atoms with Crippen molar-refractivity contribution in [2.75, 3.05) is 0 Å². The number of unbranched alkanes of at least 4 members (excludes halogenated alkanes) is 1. The van der Waals surface area contributed by atoms with E-state index in [0.29, 0.717) is 18.4 Å². The molecule has 0 saturated heterocycles. The van der Waals surface area contributed by atoms with Gasteiger partial charge in [-0.2, -0.15) is 5.26 Å². The zero-order valence-corrected chi connectivity index (χ0v) is 10.5. The molecule has 1 heterocycles. The molecule has 1 aromatic heterocycles. The summed E-state index contributed by atoms with van der Waals surface area (Å²) in [5.74, 6) is 0. The van der Waals surface area contributed by atoms with Crippen LogP contribution in [0.1, 0.15) is 41.3 Å². The molecule has 0 spiro atoms. The molecule has 0 aliphatic carbocycles. The first-order valence-corrected chi connectivity index (χ1v) is 5.74. The Morgan fingerprint density at radius 1 is 1.53 bits per heavy atom. The fourth-order valence-corrected chi connectivity index (χ4v) is 1.95. The molecule has 0 saturated carbocycles. The number of hydrogen-bond acceptors (Lipinski definition) is 3. The van der Waals surface area contributed by atoms with Crippen molar-refractivity contribution in [1.82, 2.24) is 4.57 Å². The summed E-state index contributed by atoms with van der Waals surface area (Å²) in [5, 5.41) is 9.06. The van der Waals surface area contributed by atoms with Gasteiger partial charge in [0.05, 0.1) is 5.56 Å². The zero-order chi connectivity index (χ0) is 13.0. The lowest BCUT2D eigenvalue weighted by molar-refractivity contribution is 0.112. The average molecular weight is 253 g/mol. The first-order chi connectivity index (χ1) is 8.08. The number of carbonyl (C=O) groups excluding carboxylic acids is 1. The number of nitriles is 1. The number of carbonyl (C=O) groups is 1. The van der Waals surface area contributed by atoms with E-state index >= 15 is 0 Å². The molecule has 0 atom stereocenters. The molecule has 1 rings (SSSR count). The van der Waals surface area contributed by atoms with Crippen LogP contribution in [0.15, 0.2) is 4.79 Å². The van der Waals surface area contributed by atoms with E-state index in [0.717, 1.165) is 12.8 Å². The van der Waals surface area contributed by atoms with Crippen molar-refractivity contribution in [1.29, 1.82) is 5.26 Å². The normalized spacial score (nSPS) is 10.0. The lowest BCUT2D eigenvalue weighted by Gasteiger charge is -2.12. The van der Waals surface area contributed by atoms with E-state index < -0.39 is 5.56 Å². The van der Waals surface area contributed by atoms with Gasteiger partial charge in [-0.05, 0) is 18.9 Å². The maximum atomic E-state index is 12.0. The Balaban J connectivity index is 3.55. The summed E-state index contributed by atoms with van der Waals surface area (Å²) in [6.45, 7) is 3.96. The van der Waals surface area contributed by atoms with E-state index in [1.54, 1.807) is 6.92 Å². The molecule has 5 heteroatoms. The van der Waals surface area contributed by atoms with Crippen LogP contribution in [0.3, 0.4) is 0 Å². The van der Waals surface area contributed by atoms with Crippen molar-refractivity contribution >= 4 is 17.9 Å². The Morgan fingerprint density at radius 2 is 2.18 bits per heavy atom. The molecule has 0 bridgehead atoms. The number of rotatable bonds is 4. The highest BCUT2D eigenvalue weighted by atomic mass is 35.5. The van der Waals surface area contributed by atoms with Crippen LogP contribution in [0.4, 0.5) is 0 Å². The minimum atomic E-state index is -0.422.